The zero-order chi connectivity index (χ0) is 14.7. The predicted molar refractivity (Wildman–Crippen MR) is 81.7 cm³/mol. The molecule has 6 heteroatoms. The number of nitrogens with zero attached hydrogens (tertiary/aromatic N) is 3. The molecule has 2 atom stereocenters. The van der Waals surface area contributed by atoms with Crippen LogP contribution in [0.3, 0.4) is 0 Å². The number of nitrogens with one attached hydrogen (secondary N) is 1. The molecule has 1 N–H and O–H groups in total. The monoisotopic (exact) mass is 340 g/mol. The highest BCUT2D eigenvalue weighted by Crippen LogP contribution is 2.14. The second-order valence-electron chi connectivity index (χ2n) is 5.36. The molecule has 20 heavy (non-hydrogen) atoms. The molecular formula is C14H21BrN4O. The van der Waals surface area contributed by atoms with Crippen LogP contribution in [0.2, 0.25) is 0 Å². The van der Waals surface area contributed by atoms with Crippen molar-refractivity contribution in [1.29, 1.82) is 0 Å². The van der Waals surface area contributed by atoms with Crippen molar-refractivity contribution in [3.8, 4) is 0 Å². The molecule has 0 unspecified atom stereocenters. The standard InChI is InChI=1S/C14H21BrN4O/c1-9(5-14-11(3)18-20-12(14)4)17-10(2)7-19-8-13(15)6-16-19/h6,8-10,17H,5,7H2,1-4H3/t9-,10+/m0/s1. The molecule has 0 aromatic carbocycles. The molecule has 0 aliphatic heterocycles. The fourth-order valence-electron chi connectivity index (χ4n) is 2.42. The number of hydrogen-bond donors (Lipinski definition) is 1. The van der Waals surface area contributed by atoms with Gasteiger partial charge < -0.3 is 9.84 Å². The molecule has 0 bridgehead atoms. The fourth-order valence-corrected chi connectivity index (χ4v) is 2.74. The van der Waals surface area contributed by atoms with Crippen molar-refractivity contribution < 1.29 is 4.52 Å². The van der Waals surface area contributed by atoms with Gasteiger partial charge in [0.2, 0.25) is 0 Å². The minimum Gasteiger partial charge on any atom is -0.361 e. The minimum atomic E-state index is 0.345. The molecule has 0 aliphatic carbocycles. The molecule has 0 spiro atoms. The zero-order valence-corrected chi connectivity index (χ0v) is 13.9. The summed E-state index contributed by atoms with van der Waals surface area (Å²) in [7, 11) is 0. The van der Waals surface area contributed by atoms with E-state index in [1.165, 1.54) is 5.56 Å². The Morgan fingerprint density at radius 2 is 2.10 bits per heavy atom. The second-order valence-corrected chi connectivity index (χ2v) is 6.27. The van der Waals surface area contributed by atoms with Crippen molar-refractivity contribution in [2.24, 2.45) is 0 Å². The Kier molecular flexibility index (Phi) is 4.99. The summed E-state index contributed by atoms with van der Waals surface area (Å²) in [5.74, 6) is 0.916. The van der Waals surface area contributed by atoms with Crippen molar-refractivity contribution in [2.45, 2.75) is 52.7 Å². The summed E-state index contributed by atoms with van der Waals surface area (Å²) >= 11 is 3.41. The SMILES string of the molecule is Cc1noc(C)c1C[C@H](C)N[C@H](C)Cn1cc(Br)cn1. The maximum Gasteiger partial charge on any atom is 0.137 e. The van der Waals surface area contributed by atoms with Crippen molar-refractivity contribution in [1.82, 2.24) is 20.3 Å². The topological polar surface area (TPSA) is 55.9 Å². The molecule has 5 nitrogen and oxygen atoms in total. The highest BCUT2D eigenvalue weighted by Gasteiger charge is 2.14. The van der Waals surface area contributed by atoms with Crippen LogP contribution in [0.4, 0.5) is 0 Å². The normalized spacial score (nSPS) is 14.4. The lowest BCUT2D eigenvalue weighted by atomic mass is 10.1. The van der Waals surface area contributed by atoms with Crippen LogP contribution in [0.5, 0.6) is 0 Å². The molecule has 0 fully saturated rings. The van der Waals surface area contributed by atoms with E-state index in [9.17, 15) is 0 Å². The van der Waals surface area contributed by atoms with Crippen molar-refractivity contribution >= 4 is 15.9 Å². The van der Waals surface area contributed by atoms with E-state index in [2.05, 4.69) is 45.3 Å². The Balaban J connectivity index is 1.86. The van der Waals surface area contributed by atoms with Crippen LogP contribution in [0, 0.1) is 13.8 Å². The summed E-state index contributed by atoms with van der Waals surface area (Å²) in [6, 6.07) is 0.707. The molecule has 2 heterocycles. The summed E-state index contributed by atoms with van der Waals surface area (Å²) in [6.07, 6.45) is 4.71. The number of aromatic nitrogens is 3. The van der Waals surface area contributed by atoms with Gasteiger partial charge in [-0.15, -0.1) is 0 Å². The molecule has 110 valence electrons. The van der Waals surface area contributed by atoms with E-state index < -0.39 is 0 Å². The summed E-state index contributed by atoms with van der Waals surface area (Å²) in [4.78, 5) is 0. The first kappa shape index (κ1) is 15.3. The van der Waals surface area contributed by atoms with E-state index in [1.54, 1.807) is 6.20 Å². The van der Waals surface area contributed by atoms with Crippen LogP contribution in [0.1, 0.15) is 30.9 Å². The van der Waals surface area contributed by atoms with Crippen LogP contribution in [-0.4, -0.2) is 27.0 Å². The Hall–Kier alpha value is -1.14. The Bertz CT molecular complexity index is 544. The van der Waals surface area contributed by atoms with E-state index in [4.69, 9.17) is 4.52 Å². The lowest BCUT2D eigenvalue weighted by molar-refractivity contribution is 0.388. The average Bonchev–Trinajstić information content (AvgIpc) is 2.89. The average molecular weight is 341 g/mol. The highest BCUT2D eigenvalue weighted by molar-refractivity contribution is 9.10. The van der Waals surface area contributed by atoms with Gasteiger partial charge in [0.15, 0.2) is 0 Å². The lowest BCUT2D eigenvalue weighted by Gasteiger charge is -2.20. The maximum atomic E-state index is 5.20. The number of hydrogen-bond acceptors (Lipinski definition) is 4. The van der Waals surface area contributed by atoms with Crippen molar-refractivity contribution in [3.05, 3.63) is 33.9 Å². The second kappa shape index (κ2) is 6.54. The van der Waals surface area contributed by atoms with Gasteiger partial charge >= 0.3 is 0 Å². The molecule has 0 radical (unpaired) electrons. The number of halogens is 1. The van der Waals surface area contributed by atoms with Gasteiger partial charge in [0, 0.05) is 23.8 Å². The van der Waals surface area contributed by atoms with Gasteiger partial charge in [-0.3, -0.25) is 4.68 Å². The van der Waals surface area contributed by atoms with E-state index >= 15 is 0 Å². The van der Waals surface area contributed by atoms with Gasteiger partial charge in [-0.25, -0.2) is 0 Å². The van der Waals surface area contributed by atoms with E-state index in [-0.39, 0.29) is 0 Å². The maximum absolute atomic E-state index is 5.20. The van der Waals surface area contributed by atoms with Gasteiger partial charge in [0.05, 0.1) is 22.9 Å². The molecule has 2 aromatic rings. The molecular weight excluding hydrogens is 320 g/mol. The summed E-state index contributed by atoms with van der Waals surface area (Å²) < 4.78 is 8.15. The number of rotatable bonds is 6. The predicted octanol–water partition coefficient (Wildman–Crippen LogP) is 2.86. The third kappa shape index (κ3) is 3.93. The third-order valence-corrected chi connectivity index (χ3v) is 3.73. The van der Waals surface area contributed by atoms with Gasteiger partial charge in [-0.1, -0.05) is 5.16 Å². The Morgan fingerprint density at radius 3 is 2.65 bits per heavy atom. The minimum absolute atomic E-state index is 0.345. The summed E-state index contributed by atoms with van der Waals surface area (Å²) in [6.45, 7) is 9.15. The van der Waals surface area contributed by atoms with Gasteiger partial charge in [0.25, 0.3) is 0 Å². The van der Waals surface area contributed by atoms with Crippen LogP contribution in [0.25, 0.3) is 0 Å². The molecule has 0 amide bonds. The zero-order valence-electron chi connectivity index (χ0n) is 12.4. The molecule has 0 saturated carbocycles. The molecule has 0 saturated heterocycles. The fraction of sp³-hybridized carbons (Fsp3) is 0.571. The first-order valence-corrected chi connectivity index (χ1v) is 7.60. The van der Waals surface area contributed by atoms with Crippen molar-refractivity contribution in [2.75, 3.05) is 0 Å². The molecule has 0 aliphatic rings. The van der Waals surface area contributed by atoms with Crippen LogP contribution >= 0.6 is 15.9 Å². The Morgan fingerprint density at radius 1 is 1.35 bits per heavy atom. The van der Waals surface area contributed by atoms with Crippen molar-refractivity contribution in [3.63, 3.8) is 0 Å². The van der Waals surface area contributed by atoms with Gasteiger partial charge in [-0.2, -0.15) is 5.10 Å². The Labute approximate surface area is 127 Å². The van der Waals surface area contributed by atoms with E-state index in [0.717, 1.165) is 28.9 Å². The van der Waals surface area contributed by atoms with Gasteiger partial charge in [0.1, 0.15) is 5.76 Å². The van der Waals surface area contributed by atoms with E-state index in [0.29, 0.717) is 12.1 Å². The van der Waals surface area contributed by atoms with Gasteiger partial charge in [-0.05, 0) is 50.0 Å². The van der Waals surface area contributed by atoms with Crippen LogP contribution < -0.4 is 5.32 Å². The quantitative estimate of drug-likeness (QED) is 0.878. The molecule has 2 aromatic heterocycles. The highest BCUT2D eigenvalue weighted by atomic mass is 79.9. The van der Waals surface area contributed by atoms with Crippen LogP contribution in [-0.2, 0) is 13.0 Å². The largest absolute Gasteiger partial charge is 0.361 e. The lowest BCUT2D eigenvalue weighted by Crippen LogP contribution is -2.38. The third-order valence-electron chi connectivity index (χ3n) is 3.32. The van der Waals surface area contributed by atoms with E-state index in [1.807, 2.05) is 24.7 Å². The smallest absolute Gasteiger partial charge is 0.137 e. The van der Waals surface area contributed by atoms with Crippen LogP contribution in [0.15, 0.2) is 21.4 Å². The first-order valence-electron chi connectivity index (χ1n) is 6.81. The first-order chi connectivity index (χ1) is 9.45. The summed E-state index contributed by atoms with van der Waals surface area (Å²) in [5.41, 5.74) is 2.19. The molecule has 2 rings (SSSR count). The summed E-state index contributed by atoms with van der Waals surface area (Å²) in [5, 5.41) is 11.9. The number of aryl methyl sites for hydroxylation is 2.